The molecule has 140 valence electrons. The highest BCUT2D eigenvalue weighted by atomic mass is 16.5. The number of hydrogen-bond donors (Lipinski definition) is 3. The molecule has 1 aromatic heterocycles. The molecule has 0 atom stereocenters. The molecule has 0 saturated heterocycles. The number of benzene rings is 3. The van der Waals surface area contributed by atoms with Gasteiger partial charge in [0.15, 0.2) is 0 Å². The molecule has 0 spiro atoms. The number of carbonyl (C=O) groups excluding carboxylic acids is 1. The summed E-state index contributed by atoms with van der Waals surface area (Å²) in [5, 5.41) is 12.1. The molecule has 1 amide bonds. The molecule has 0 bridgehead atoms. The van der Waals surface area contributed by atoms with Crippen molar-refractivity contribution in [1.82, 2.24) is 10.2 Å². The molecule has 4 aromatic rings. The summed E-state index contributed by atoms with van der Waals surface area (Å²) in [4.78, 5) is 12.5. The second kappa shape index (κ2) is 7.54. The maximum atomic E-state index is 12.5. The van der Waals surface area contributed by atoms with Gasteiger partial charge in [0.2, 0.25) is 0 Å². The van der Waals surface area contributed by atoms with Crippen LogP contribution in [-0.2, 0) is 6.54 Å². The van der Waals surface area contributed by atoms with Crippen LogP contribution in [0.2, 0.25) is 0 Å². The molecule has 0 aliphatic rings. The van der Waals surface area contributed by atoms with Crippen LogP contribution < -0.4 is 15.8 Å². The summed E-state index contributed by atoms with van der Waals surface area (Å²) in [7, 11) is 1.65. The third-order valence-electron chi connectivity index (χ3n) is 4.59. The Bertz CT molecular complexity index is 1150. The number of methoxy groups -OCH3 is 1. The van der Waals surface area contributed by atoms with Crippen molar-refractivity contribution in [3.8, 4) is 17.0 Å². The number of amides is 1. The minimum atomic E-state index is -0.251. The Morgan fingerprint density at radius 2 is 1.89 bits per heavy atom. The molecule has 0 radical (unpaired) electrons. The van der Waals surface area contributed by atoms with Crippen LogP contribution in [0.15, 0.2) is 66.7 Å². The third kappa shape index (κ3) is 3.58. The number of aromatic nitrogens is 2. The highest BCUT2D eigenvalue weighted by molar-refractivity contribution is 6.03. The molecule has 4 rings (SSSR count). The van der Waals surface area contributed by atoms with E-state index in [2.05, 4.69) is 15.5 Å². The van der Waals surface area contributed by atoms with Gasteiger partial charge >= 0.3 is 0 Å². The maximum Gasteiger partial charge on any atom is 0.273 e. The Labute approximate surface area is 162 Å². The van der Waals surface area contributed by atoms with Gasteiger partial charge in [-0.25, -0.2) is 0 Å². The van der Waals surface area contributed by atoms with Gasteiger partial charge in [-0.15, -0.1) is 0 Å². The normalized spacial score (nSPS) is 10.8. The van der Waals surface area contributed by atoms with Gasteiger partial charge in [0.1, 0.15) is 11.4 Å². The fourth-order valence-corrected chi connectivity index (χ4v) is 3.07. The predicted molar refractivity (Wildman–Crippen MR) is 110 cm³/mol. The van der Waals surface area contributed by atoms with Gasteiger partial charge in [-0.1, -0.05) is 30.3 Å². The maximum absolute atomic E-state index is 12.5. The molecular weight excluding hydrogens is 352 g/mol. The average Bonchev–Trinajstić information content (AvgIpc) is 3.23. The van der Waals surface area contributed by atoms with Crippen LogP contribution in [-0.4, -0.2) is 23.2 Å². The van der Waals surface area contributed by atoms with Crippen molar-refractivity contribution in [2.75, 3.05) is 12.4 Å². The largest absolute Gasteiger partial charge is 0.497 e. The van der Waals surface area contributed by atoms with Crippen LogP contribution in [0.3, 0.4) is 0 Å². The van der Waals surface area contributed by atoms with Crippen LogP contribution in [0.5, 0.6) is 5.75 Å². The molecule has 0 aliphatic carbocycles. The highest BCUT2D eigenvalue weighted by Gasteiger charge is 2.12. The fraction of sp³-hybridized carbons (Fsp3) is 0.0909. The highest BCUT2D eigenvalue weighted by Crippen LogP contribution is 2.26. The number of rotatable bonds is 5. The fourth-order valence-electron chi connectivity index (χ4n) is 3.07. The standard InChI is InChI=1S/C22H20N4O2/c1-28-19-8-7-15-10-17(6-5-16(15)11-19)20-12-21(26-25-20)22(27)24-18-4-2-3-14(9-18)13-23/h2-12H,13,23H2,1H3,(H,24,27)(H,25,26). The minimum Gasteiger partial charge on any atom is -0.497 e. The Hall–Kier alpha value is -3.64. The molecular formula is C22H20N4O2. The van der Waals surface area contributed by atoms with Gasteiger partial charge < -0.3 is 15.8 Å². The van der Waals surface area contributed by atoms with E-state index in [1.807, 2.05) is 60.7 Å². The number of nitrogens with one attached hydrogen (secondary N) is 2. The first-order valence-corrected chi connectivity index (χ1v) is 8.90. The number of hydrogen-bond acceptors (Lipinski definition) is 4. The lowest BCUT2D eigenvalue weighted by atomic mass is 10.0. The second-order valence-electron chi connectivity index (χ2n) is 6.45. The van der Waals surface area contributed by atoms with E-state index in [4.69, 9.17) is 10.5 Å². The summed E-state index contributed by atoms with van der Waals surface area (Å²) >= 11 is 0. The summed E-state index contributed by atoms with van der Waals surface area (Å²) in [6, 6.07) is 21.1. The van der Waals surface area contributed by atoms with E-state index in [1.54, 1.807) is 13.2 Å². The molecule has 0 aliphatic heterocycles. The average molecular weight is 372 g/mol. The van der Waals surface area contributed by atoms with Crippen LogP contribution in [0.25, 0.3) is 22.0 Å². The van der Waals surface area contributed by atoms with Gasteiger partial charge in [-0.05, 0) is 52.7 Å². The number of ether oxygens (including phenoxy) is 1. The topological polar surface area (TPSA) is 93.0 Å². The second-order valence-corrected chi connectivity index (χ2v) is 6.45. The van der Waals surface area contributed by atoms with Crippen molar-refractivity contribution in [2.24, 2.45) is 5.73 Å². The Morgan fingerprint density at radius 3 is 2.71 bits per heavy atom. The first-order valence-electron chi connectivity index (χ1n) is 8.90. The molecule has 0 unspecified atom stereocenters. The van der Waals surface area contributed by atoms with Crippen molar-refractivity contribution < 1.29 is 9.53 Å². The van der Waals surface area contributed by atoms with Gasteiger partial charge in [0, 0.05) is 17.8 Å². The van der Waals surface area contributed by atoms with Gasteiger partial charge in [0.05, 0.1) is 12.8 Å². The molecule has 28 heavy (non-hydrogen) atoms. The van der Waals surface area contributed by atoms with E-state index in [1.165, 1.54) is 0 Å². The number of aromatic amines is 1. The van der Waals surface area contributed by atoms with Gasteiger partial charge in [0.25, 0.3) is 5.91 Å². The van der Waals surface area contributed by atoms with Crippen LogP contribution in [0.1, 0.15) is 16.1 Å². The SMILES string of the molecule is COc1ccc2cc(-c3cc(C(=O)Nc4cccc(CN)c4)[nH]n3)ccc2c1. The third-order valence-corrected chi connectivity index (χ3v) is 4.59. The van der Waals surface area contributed by atoms with Crippen LogP contribution >= 0.6 is 0 Å². The first-order chi connectivity index (χ1) is 13.7. The van der Waals surface area contributed by atoms with Crippen LogP contribution in [0.4, 0.5) is 5.69 Å². The van der Waals surface area contributed by atoms with Crippen molar-refractivity contribution in [3.05, 3.63) is 78.0 Å². The minimum absolute atomic E-state index is 0.251. The molecule has 6 nitrogen and oxygen atoms in total. The van der Waals surface area contributed by atoms with E-state index < -0.39 is 0 Å². The van der Waals surface area contributed by atoms with Crippen molar-refractivity contribution in [1.29, 1.82) is 0 Å². The molecule has 0 fully saturated rings. The monoisotopic (exact) mass is 372 g/mol. The van der Waals surface area contributed by atoms with Gasteiger partial charge in [-0.2, -0.15) is 5.10 Å². The number of H-pyrrole nitrogens is 1. The molecule has 3 aromatic carbocycles. The molecule has 0 saturated carbocycles. The number of anilines is 1. The quantitative estimate of drug-likeness (QED) is 0.494. The molecule has 4 N–H and O–H groups in total. The van der Waals surface area contributed by atoms with Crippen molar-refractivity contribution in [3.63, 3.8) is 0 Å². The molecule has 1 heterocycles. The summed E-state index contributed by atoms with van der Waals surface area (Å²) in [5.41, 5.74) is 9.33. The van der Waals surface area contributed by atoms with Crippen LogP contribution in [0, 0.1) is 0 Å². The number of carbonyl (C=O) groups is 1. The van der Waals surface area contributed by atoms with Crippen molar-refractivity contribution >= 4 is 22.4 Å². The van der Waals surface area contributed by atoms with Crippen molar-refractivity contribution in [2.45, 2.75) is 6.54 Å². The van der Waals surface area contributed by atoms with E-state index in [-0.39, 0.29) is 5.91 Å². The summed E-state index contributed by atoms with van der Waals surface area (Å²) in [6.45, 7) is 0.422. The number of nitrogens with zero attached hydrogens (tertiary/aromatic N) is 1. The zero-order valence-corrected chi connectivity index (χ0v) is 15.4. The van der Waals surface area contributed by atoms with E-state index in [9.17, 15) is 4.79 Å². The lowest BCUT2D eigenvalue weighted by Gasteiger charge is -2.05. The first kappa shape index (κ1) is 17.8. The Morgan fingerprint density at radius 1 is 1.07 bits per heavy atom. The van der Waals surface area contributed by atoms with Gasteiger partial charge in [-0.3, -0.25) is 9.89 Å². The van der Waals surface area contributed by atoms with E-state index in [0.29, 0.717) is 23.6 Å². The number of fused-ring (bicyclic) bond motifs is 1. The van der Waals surface area contributed by atoms with E-state index >= 15 is 0 Å². The Balaban J connectivity index is 1.56. The molecule has 6 heteroatoms. The zero-order valence-electron chi connectivity index (χ0n) is 15.4. The summed E-state index contributed by atoms with van der Waals surface area (Å²) < 4.78 is 5.26. The lowest BCUT2D eigenvalue weighted by Crippen LogP contribution is -2.12. The Kier molecular flexibility index (Phi) is 4.78. The zero-order chi connectivity index (χ0) is 19.5. The smallest absolute Gasteiger partial charge is 0.273 e. The van der Waals surface area contributed by atoms with E-state index in [0.717, 1.165) is 27.6 Å². The lowest BCUT2D eigenvalue weighted by molar-refractivity contribution is 0.102. The predicted octanol–water partition coefficient (Wildman–Crippen LogP) is 3.95. The summed E-state index contributed by atoms with van der Waals surface area (Å²) in [5.74, 6) is 0.566. The summed E-state index contributed by atoms with van der Waals surface area (Å²) in [6.07, 6.45) is 0. The number of nitrogens with two attached hydrogens (primary N) is 1.